The first kappa shape index (κ1) is 13.7. The zero-order valence-corrected chi connectivity index (χ0v) is 11.2. The lowest BCUT2D eigenvalue weighted by Crippen LogP contribution is -2.35. The number of nitrogens with zero attached hydrogens (tertiary/aromatic N) is 2. The average Bonchev–Trinajstić information content (AvgIpc) is 2.20. The fourth-order valence-electron chi connectivity index (χ4n) is 1.23. The molecule has 0 radical (unpaired) electrons. The molecule has 6 heteroatoms. The van der Waals surface area contributed by atoms with Gasteiger partial charge < -0.3 is 10.6 Å². The summed E-state index contributed by atoms with van der Waals surface area (Å²) in [4.78, 5) is 19.8. The van der Waals surface area contributed by atoms with Crippen LogP contribution in [0.4, 0.5) is 5.82 Å². The molecule has 1 rings (SSSR count). The van der Waals surface area contributed by atoms with Crippen LogP contribution in [0.1, 0.15) is 25.2 Å². The van der Waals surface area contributed by atoms with E-state index in [9.17, 15) is 4.79 Å². The maximum Gasteiger partial charge on any atom is 0.239 e. The van der Waals surface area contributed by atoms with Gasteiger partial charge in [0, 0.05) is 6.04 Å². The van der Waals surface area contributed by atoms with E-state index in [2.05, 4.69) is 20.6 Å². The molecular formula is C11H17ClN4O. The van der Waals surface area contributed by atoms with Crippen LogP contribution in [0.15, 0.2) is 0 Å². The molecular weight excluding hydrogens is 240 g/mol. The highest BCUT2D eigenvalue weighted by Crippen LogP contribution is 2.17. The SMILES string of the molecule is Cc1nc(Cl)c(NCC(=O)NC(C)C)nc1C. The van der Waals surface area contributed by atoms with E-state index < -0.39 is 0 Å². The molecule has 0 saturated heterocycles. The number of halogens is 1. The van der Waals surface area contributed by atoms with Crippen molar-refractivity contribution in [2.75, 3.05) is 11.9 Å². The quantitative estimate of drug-likeness (QED) is 0.860. The van der Waals surface area contributed by atoms with E-state index in [0.29, 0.717) is 5.82 Å². The van der Waals surface area contributed by atoms with Crippen molar-refractivity contribution >= 4 is 23.3 Å². The summed E-state index contributed by atoms with van der Waals surface area (Å²) >= 11 is 5.92. The number of hydrogen-bond donors (Lipinski definition) is 2. The predicted molar refractivity (Wildman–Crippen MR) is 68.3 cm³/mol. The Hall–Kier alpha value is -1.36. The van der Waals surface area contributed by atoms with Gasteiger partial charge in [-0.05, 0) is 27.7 Å². The summed E-state index contributed by atoms with van der Waals surface area (Å²) in [5.74, 6) is 0.338. The van der Waals surface area contributed by atoms with Gasteiger partial charge in [0.25, 0.3) is 0 Å². The molecule has 0 fully saturated rings. The van der Waals surface area contributed by atoms with Gasteiger partial charge in [-0.15, -0.1) is 0 Å². The van der Waals surface area contributed by atoms with Gasteiger partial charge in [0.1, 0.15) is 0 Å². The topological polar surface area (TPSA) is 66.9 Å². The van der Waals surface area contributed by atoms with Gasteiger partial charge >= 0.3 is 0 Å². The summed E-state index contributed by atoms with van der Waals surface area (Å²) in [5, 5.41) is 5.92. The Labute approximate surface area is 106 Å². The minimum Gasteiger partial charge on any atom is -0.358 e. The van der Waals surface area contributed by atoms with Gasteiger partial charge in [0.15, 0.2) is 11.0 Å². The molecule has 0 aliphatic heterocycles. The standard InChI is InChI=1S/C11H17ClN4O/c1-6(2)14-9(17)5-13-11-10(12)15-7(3)8(4)16-11/h6H,5H2,1-4H3,(H,13,16)(H,14,17). The smallest absolute Gasteiger partial charge is 0.239 e. The van der Waals surface area contributed by atoms with Crippen LogP contribution < -0.4 is 10.6 Å². The number of carbonyl (C=O) groups excluding carboxylic acids is 1. The molecule has 0 aliphatic carbocycles. The van der Waals surface area contributed by atoms with Gasteiger partial charge in [-0.25, -0.2) is 9.97 Å². The molecule has 1 aromatic rings. The van der Waals surface area contributed by atoms with Crippen molar-refractivity contribution in [1.29, 1.82) is 0 Å². The molecule has 0 saturated carbocycles. The van der Waals surface area contributed by atoms with Crippen LogP contribution >= 0.6 is 11.6 Å². The van der Waals surface area contributed by atoms with Crippen molar-refractivity contribution < 1.29 is 4.79 Å². The maximum atomic E-state index is 11.4. The van der Waals surface area contributed by atoms with Crippen LogP contribution in [0.3, 0.4) is 0 Å². The molecule has 17 heavy (non-hydrogen) atoms. The molecule has 1 amide bonds. The third-order valence-electron chi connectivity index (χ3n) is 2.13. The Bertz CT molecular complexity index is 420. The fraction of sp³-hybridized carbons (Fsp3) is 0.545. The van der Waals surface area contributed by atoms with Crippen molar-refractivity contribution in [3.8, 4) is 0 Å². The second-order valence-corrected chi connectivity index (χ2v) is 4.47. The first-order chi connectivity index (χ1) is 7.90. The summed E-state index contributed by atoms with van der Waals surface area (Å²) in [6, 6.07) is 0.116. The normalized spacial score (nSPS) is 10.5. The lowest BCUT2D eigenvalue weighted by molar-refractivity contribution is -0.119. The third kappa shape index (κ3) is 4.19. The summed E-state index contributed by atoms with van der Waals surface area (Å²) in [5.41, 5.74) is 1.58. The fourth-order valence-corrected chi connectivity index (χ4v) is 1.46. The minimum atomic E-state index is -0.101. The summed E-state index contributed by atoms with van der Waals surface area (Å²) in [7, 11) is 0. The van der Waals surface area contributed by atoms with Crippen molar-refractivity contribution in [3.05, 3.63) is 16.5 Å². The van der Waals surface area contributed by atoms with Gasteiger partial charge in [-0.1, -0.05) is 11.6 Å². The molecule has 0 bridgehead atoms. The van der Waals surface area contributed by atoms with Crippen LogP contribution in [-0.4, -0.2) is 28.5 Å². The Balaban J connectivity index is 2.63. The molecule has 0 unspecified atom stereocenters. The molecule has 5 nitrogen and oxygen atoms in total. The van der Waals surface area contributed by atoms with Crippen LogP contribution in [0, 0.1) is 13.8 Å². The highest BCUT2D eigenvalue weighted by molar-refractivity contribution is 6.31. The van der Waals surface area contributed by atoms with Crippen LogP contribution in [-0.2, 0) is 4.79 Å². The predicted octanol–water partition coefficient (Wildman–Crippen LogP) is 1.68. The molecule has 0 spiro atoms. The van der Waals surface area contributed by atoms with Gasteiger partial charge in [-0.3, -0.25) is 4.79 Å². The number of amides is 1. The Morgan fingerprint density at radius 3 is 2.47 bits per heavy atom. The molecule has 0 aromatic carbocycles. The van der Waals surface area contributed by atoms with E-state index >= 15 is 0 Å². The molecule has 94 valence electrons. The van der Waals surface area contributed by atoms with E-state index in [-0.39, 0.29) is 23.6 Å². The number of nitrogens with one attached hydrogen (secondary N) is 2. The van der Waals surface area contributed by atoms with Crippen molar-refractivity contribution in [1.82, 2.24) is 15.3 Å². The first-order valence-electron chi connectivity index (χ1n) is 5.44. The lowest BCUT2D eigenvalue weighted by atomic mass is 10.3. The van der Waals surface area contributed by atoms with Gasteiger partial charge in [0.05, 0.1) is 17.9 Å². The zero-order chi connectivity index (χ0) is 13.0. The first-order valence-corrected chi connectivity index (χ1v) is 5.82. The van der Waals surface area contributed by atoms with Crippen molar-refractivity contribution in [3.63, 3.8) is 0 Å². The Morgan fingerprint density at radius 2 is 1.88 bits per heavy atom. The van der Waals surface area contributed by atoms with E-state index in [1.165, 1.54) is 0 Å². The van der Waals surface area contributed by atoms with E-state index in [0.717, 1.165) is 11.4 Å². The minimum absolute atomic E-state index is 0.101. The Morgan fingerprint density at radius 1 is 1.29 bits per heavy atom. The van der Waals surface area contributed by atoms with Crippen LogP contribution in [0.2, 0.25) is 5.15 Å². The van der Waals surface area contributed by atoms with Crippen molar-refractivity contribution in [2.45, 2.75) is 33.7 Å². The van der Waals surface area contributed by atoms with E-state index in [1.54, 1.807) is 0 Å². The summed E-state index contributed by atoms with van der Waals surface area (Å²) < 4.78 is 0. The maximum absolute atomic E-state index is 11.4. The van der Waals surface area contributed by atoms with Crippen LogP contribution in [0.5, 0.6) is 0 Å². The number of aromatic nitrogens is 2. The zero-order valence-electron chi connectivity index (χ0n) is 10.5. The van der Waals surface area contributed by atoms with Crippen LogP contribution in [0.25, 0.3) is 0 Å². The van der Waals surface area contributed by atoms with Crippen molar-refractivity contribution in [2.24, 2.45) is 0 Å². The van der Waals surface area contributed by atoms with Gasteiger partial charge in [-0.2, -0.15) is 0 Å². The number of carbonyl (C=O) groups is 1. The molecule has 1 aromatic heterocycles. The molecule has 1 heterocycles. The highest BCUT2D eigenvalue weighted by Gasteiger charge is 2.09. The number of hydrogen-bond acceptors (Lipinski definition) is 4. The van der Waals surface area contributed by atoms with E-state index in [4.69, 9.17) is 11.6 Å². The molecule has 0 aliphatic rings. The summed E-state index contributed by atoms with van der Waals surface area (Å²) in [6.07, 6.45) is 0. The average molecular weight is 257 g/mol. The third-order valence-corrected chi connectivity index (χ3v) is 2.39. The second kappa shape index (κ2) is 5.82. The monoisotopic (exact) mass is 256 g/mol. The van der Waals surface area contributed by atoms with E-state index in [1.807, 2.05) is 27.7 Å². The summed E-state index contributed by atoms with van der Waals surface area (Å²) in [6.45, 7) is 7.62. The van der Waals surface area contributed by atoms with Gasteiger partial charge in [0.2, 0.25) is 5.91 Å². The largest absolute Gasteiger partial charge is 0.358 e. The molecule has 0 atom stereocenters. The second-order valence-electron chi connectivity index (χ2n) is 4.11. The highest BCUT2D eigenvalue weighted by atomic mass is 35.5. The number of aryl methyl sites for hydroxylation is 2. The lowest BCUT2D eigenvalue weighted by Gasteiger charge is -2.11. The Kier molecular flexibility index (Phi) is 4.69. The number of rotatable bonds is 4. The molecule has 2 N–H and O–H groups in total. The number of anilines is 1.